The van der Waals surface area contributed by atoms with E-state index in [1.807, 2.05) is 0 Å². The van der Waals surface area contributed by atoms with E-state index < -0.39 is 6.10 Å². The highest BCUT2D eigenvalue weighted by Crippen LogP contribution is 2.14. The quantitative estimate of drug-likeness (QED) is 0.0261. The molecule has 0 aliphatic carbocycles. The van der Waals surface area contributed by atoms with E-state index in [2.05, 4.69) is 142 Å². The number of carbonyl (C=O) groups is 3. The van der Waals surface area contributed by atoms with Crippen LogP contribution in [0.5, 0.6) is 0 Å². The van der Waals surface area contributed by atoms with Crippen LogP contribution in [-0.2, 0) is 28.6 Å². The average molecular weight is 984 g/mol. The Morgan fingerprint density at radius 1 is 0.296 bits per heavy atom. The van der Waals surface area contributed by atoms with Crippen molar-refractivity contribution in [2.75, 3.05) is 13.2 Å². The fourth-order valence-electron chi connectivity index (χ4n) is 7.60. The molecule has 0 N–H and O–H groups in total. The van der Waals surface area contributed by atoms with Gasteiger partial charge in [0.15, 0.2) is 6.10 Å². The van der Waals surface area contributed by atoms with Crippen LogP contribution in [0.4, 0.5) is 0 Å². The Bertz CT molecular complexity index is 1500. The van der Waals surface area contributed by atoms with Crippen LogP contribution in [0.2, 0.25) is 0 Å². The predicted octanol–water partition coefficient (Wildman–Crippen LogP) is 19.6. The van der Waals surface area contributed by atoms with Gasteiger partial charge in [0.05, 0.1) is 0 Å². The molecule has 6 nitrogen and oxygen atoms in total. The summed E-state index contributed by atoms with van der Waals surface area (Å²) in [4.78, 5) is 37.8. The van der Waals surface area contributed by atoms with E-state index in [0.29, 0.717) is 19.3 Å². The van der Waals surface area contributed by atoms with Gasteiger partial charge in [0.2, 0.25) is 0 Å². The van der Waals surface area contributed by atoms with Crippen LogP contribution in [0.25, 0.3) is 0 Å². The monoisotopic (exact) mass is 983 g/mol. The predicted molar refractivity (Wildman–Crippen MR) is 306 cm³/mol. The highest BCUT2D eigenvalue weighted by atomic mass is 16.6. The van der Waals surface area contributed by atoms with Crippen molar-refractivity contribution < 1.29 is 28.6 Å². The molecule has 0 aromatic rings. The van der Waals surface area contributed by atoms with Crippen molar-refractivity contribution in [3.8, 4) is 0 Å². The number of rotatable bonds is 51. The lowest BCUT2D eigenvalue weighted by molar-refractivity contribution is -0.167. The number of unbranched alkanes of at least 4 members (excludes halogenated alkanes) is 20. The van der Waals surface area contributed by atoms with Crippen LogP contribution in [0, 0.1) is 0 Å². The first kappa shape index (κ1) is 66.8. The van der Waals surface area contributed by atoms with Crippen LogP contribution in [0.15, 0.2) is 122 Å². The normalized spacial score (nSPS) is 13.0. The SMILES string of the molecule is CC/C=C\C/C=C\C/C=C\C/C=C\C/C=C\C/C=C\C/C=C\C/C=C\C/C=C\CCCCCCCCCC(=O)OCC(COC(=O)CCCCCCCC)OC(=O)CCCCCCC/C=C\CCCCC. The summed E-state index contributed by atoms with van der Waals surface area (Å²) in [7, 11) is 0. The molecule has 0 amide bonds. The van der Waals surface area contributed by atoms with Gasteiger partial charge in [0, 0.05) is 19.3 Å². The number of allylic oxidation sites excluding steroid dienone is 20. The van der Waals surface area contributed by atoms with Gasteiger partial charge in [-0.05, 0) is 116 Å². The first-order valence-electron chi connectivity index (χ1n) is 29.0. The van der Waals surface area contributed by atoms with Gasteiger partial charge >= 0.3 is 17.9 Å². The lowest BCUT2D eigenvalue weighted by Gasteiger charge is -2.18. The Balaban J connectivity index is 4.09. The van der Waals surface area contributed by atoms with Gasteiger partial charge in [0.25, 0.3) is 0 Å². The molecule has 402 valence electrons. The second-order valence-electron chi connectivity index (χ2n) is 18.8. The van der Waals surface area contributed by atoms with Crippen molar-refractivity contribution in [1.29, 1.82) is 0 Å². The molecule has 0 saturated carbocycles. The molecule has 0 saturated heterocycles. The summed E-state index contributed by atoms with van der Waals surface area (Å²) in [6.07, 6.45) is 80.9. The molecular formula is C65H106O6. The van der Waals surface area contributed by atoms with Crippen molar-refractivity contribution in [3.05, 3.63) is 122 Å². The lowest BCUT2D eigenvalue weighted by Crippen LogP contribution is -2.30. The summed E-state index contributed by atoms with van der Waals surface area (Å²) in [5.41, 5.74) is 0. The average Bonchev–Trinajstić information content (AvgIpc) is 3.37. The zero-order valence-corrected chi connectivity index (χ0v) is 45.9. The van der Waals surface area contributed by atoms with E-state index in [4.69, 9.17) is 14.2 Å². The number of carbonyl (C=O) groups excluding carboxylic acids is 3. The van der Waals surface area contributed by atoms with E-state index in [9.17, 15) is 14.4 Å². The third-order valence-electron chi connectivity index (χ3n) is 12.0. The molecule has 0 rings (SSSR count). The van der Waals surface area contributed by atoms with Crippen molar-refractivity contribution in [2.45, 2.75) is 258 Å². The van der Waals surface area contributed by atoms with Gasteiger partial charge in [-0.15, -0.1) is 0 Å². The molecule has 0 fully saturated rings. The second kappa shape index (κ2) is 58.4. The number of hydrogen-bond acceptors (Lipinski definition) is 6. The summed E-state index contributed by atoms with van der Waals surface area (Å²) >= 11 is 0. The van der Waals surface area contributed by atoms with E-state index in [-0.39, 0.29) is 31.1 Å². The summed E-state index contributed by atoms with van der Waals surface area (Å²) in [6.45, 7) is 6.41. The summed E-state index contributed by atoms with van der Waals surface area (Å²) in [5, 5.41) is 0. The molecule has 0 aliphatic heterocycles. The number of esters is 3. The number of ether oxygens (including phenoxy) is 3. The molecule has 0 aromatic heterocycles. The topological polar surface area (TPSA) is 78.9 Å². The van der Waals surface area contributed by atoms with Gasteiger partial charge < -0.3 is 14.2 Å². The maximum absolute atomic E-state index is 12.7. The molecule has 6 heteroatoms. The zero-order chi connectivity index (χ0) is 51.4. The molecule has 0 aliphatic rings. The summed E-state index contributed by atoms with van der Waals surface area (Å²) in [5.74, 6) is -0.920. The Morgan fingerprint density at radius 3 is 0.901 bits per heavy atom. The largest absolute Gasteiger partial charge is 0.462 e. The van der Waals surface area contributed by atoms with Crippen LogP contribution in [0.1, 0.15) is 252 Å². The molecule has 0 aromatic carbocycles. The van der Waals surface area contributed by atoms with Gasteiger partial charge in [-0.2, -0.15) is 0 Å². The van der Waals surface area contributed by atoms with E-state index in [0.717, 1.165) is 135 Å². The van der Waals surface area contributed by atoms with Gasteiger partial charge in [-0.1, -0.05) is 239 Å². The fourth-order valence-corrected chi connectivity index (χ4v) is 7.60. The van der Waals surface area contributed by atoms with Crippen LogP contribution in [0.3, 0.4) is 0 Å². The molecule has 0 radical (unpaired) electrons. The third kappa shape index (κ3) is 56.6. The molecule has 0 heterocycles. The molecule has 0 bridgehead atoms. The van der Waals surface area contributed by atoms with E-state index in [1.165, 1.54) is 77.0 Å². The molecule has 1 unspecified atom stereocenters. The first-order valence-corrected chi connectivity index (χ1v) is 29.0. The smallest absolute Gasteiger partial charge is 0.306 e. The molecule has 0 spiro atoms. The Hall–Kier alpha value is -4.19. The zero-order valence-electron chi connectivity index (χ0n) is 45.9. The van der Waals surface area contributed by atoms with Crippen molar-refractivity contribution in [3.63, 3.8) is 0 Å². The van der Waals surface area contributed by atoms with Crippen LogP contribution < -0.4 is 0 Å². The first-order chi connectivity index (χ1) is 35.0. The van der Waals surface area contributed by atoms with Gasteiger partial charge in [0.1, 0.15) is 13.2 Å². The van der Waals surface area contributed by atoms with Crippen molar-refractivity contribution in [1.82, 2.24) is 0 Å². The van der Waals surface area contributed by atoms with E-state index >= 15 is 0 Å². The minimum atomic E-state index is -0.784. The Kier molecular flexibility index (Phi) is 54.9. The van der Waals surface area contributed by atoms with Crippen LogP contribution >= 0.6 is 0 Å². The van der Waals surface area contributed by atoms with Crippen molar-refractivity contribution >= 4 is 17.9 Å². The van der Waals surface area contributed by atoms with Crippen molar-refractivity contribution in [2.24, 2.45) is 0 Å². The number of hydrogen-bond donors (Lipinski definition) is 0. The maximum atomic E-state index is 12.7. The maximum Gasteiger partial charge on any atom is 0.306 e. The Labute approximate surface area is 437 Å². The Morgan fingerprint density at radius 2 is 0.549 bits per heavy atom. The summed E-state index contributed by atoms with van der Waals surface area (Å²) in [6, 6.07) is 0. The third-order valence-corrected chi connectivity index (χ3v) is 12.0. The minimum absolute atomic E-state index is 0.0857. The second-order valence-corrected chi connectivity index (χ2v) is 18.8. The standard InChI is InChI=1S/C65H106O6/c1-4-7-10-13-16-18-20-22-23-24-25-26-27-28-29-30-31-32-33-34-35-36-37-38-39-40-41-42-43-44-46-47-49-52-55-58-64(67)70-61-62(60-69-63(66)57-54-51-15-12-9-6-3)71-65(68)59-56-53-50-48-45-21-19-17-14-11-8-5-2/h7,10,16-19,22-23,25-26,28-29,31-32,34-35,37-38,40-41,62H,4-6,8-9,11-15,20-21,24,27,30,33,36,39,42-61H2,1-3H3/b10-7-,18-16-,19-17-,23-22-,26-25-,29-28-,32-31-,35-34-,38-37-,41-40-. The minimum Gasteiger partial charge on any atom is -0.462 e. The van der Waals surface area contributed by atoms with Gasteiger partial charge in [-0.25, -0.2) is 0 Å². The van der Waals surface area contributed by atoms with E-state index in [1.54, 1.807) is 0 Å². The lowest BCUT2D eigenvalue weighted by atomic mass is 10.1. The summed E-state index contributed by atoms with van der Waals surface area (Å²) < 4.78 is 16.7. The molecular weight excluding hydrogens is 877 g/mol. The van der Waals surface area contributed by atoms with Gasteiger partial charge in [-0.3, -0.25) is 14.4 Å². The fraction of sp³-hybridized carbons (Fsp3) is 0.646. The molecule has 1 atom stereocenters. The highest BCUT2D eigenvalue weighted by molar-refractivity contribution is 5.71. The molecule has 71 heavy (non-hydrogen) atoms. The van der Waals surface area contributed by atoms with Crippen LogP contribution in [-0.4, -0.2) is 37.2 Å². The highest BCUT2D eigenvalue weighted by Gasteiger charge is 2.19.